The Balaban J connectivity index is 1.78. The van der Waals surface area contributed by atoms with Crippen LogP contribution in [0, 0.1) is 0 Å². The predicted molar refractivity (Wildman–Crippen MR) is 93.5 cm³/mol. The lowest BCUT2D eigenvalue weighted by Crippen LogP contribution is -2.21. The molecular formula is C16H15N3O2S2. The van der Waals surface area contributed by atoms with Gasteiger partial charge in [0.2, 0.25) is 0 Å². The van der Waals surface area contributed by atoms with Gasteiger partial charge in [0.1, 0.15) is 5.82 Å². The van der Waals surface area contributed by atoms with Crippen LogP contribution in [0.3, 0.4) is 0 Å². The Bertz CT molecular complexity index is 953. The third-order valence-corrected chi connectivity index (χ3v) is 6.41. The first-order chi connectivity index (χ1) is 11.1. The quantitative estimate of drug-likeness (QED) is 0.790. The summed E-state index contributed by atoms with van der Waals surface area (Å²) in [5, 5.41) is 8.23. The molecule has 1 aliphatic rings. The fraction of sp³-hybridized carbons (Fsp3) is 0.250. The molecule has 3 heterocycles. The molecule has 7 heteroatoms. The van der Waals surface area contributed by atoms with Crippen LogP contribution in [0.15, 0.2) is 41.1 Å². The van der Waals surface area contributed by atoms with E-state index >= 15 is 0 Å². The minimum atomic E-state index is -2.93. The number of fused-ring (bicyclic) bond motifs is 1. The van der Waals surface area contributed by atoms with Gasteiger partial charge in [0.15, 0.2) is 15.7 Å². The van der Waals surface area contributed by atoms with Crippen molar-refractivity contribution in [1.82, 2.24) is 9.97 Å². The highest BCUT2D eigenvalue weighted by Gasteiger charge is 2.28. The average Bonchev–Trinajstić information content (AvgIpc) is 3.17. The van der Waals surface area contributed by atoms with Crippen molar-refractivity contribution in [2.45, 2.75) is 12.5 Å². The molecule has 1 N–H and O–H groups in total. The lowest BCUT2D eigenvalue weighted by Gasteiger charge is -2.14. The molecule has 0 spiro atoms. The van der Waals surface area contributed by atoms with Crippen molar-refractivity contribution in [2.24, 2.45) is 0 Å². The van der Waals surface area contributed by atoms with Gasteiger partial charge < -0.3 is 5.32 Å². The molecule has 0 bridgehead atoms. The maximum atomic E-state index is 11.7. The van der Waals surface area contributed by atoms with E-state index in [-0.39, 0.29) is 17.5 Å². The predicted octanol–water partition coefficient (Wildman–Crippen LogP) is 2.96. The van der Waals surface area contributed by atoms with Gasteiger partial charge in [0, 0.05) is 22.4 Å². The lowest BCUT2D eigenvalue weighted by atomic mass is 10.2. The first kappa shape index (κ1) is 14.6. The third-order valence-electron chi connectivity index (χ3n) is 3.96. The van der Waals surface area contributed by atoms with Gasteiger partial charge in [-0.15, -0.1) is 0 Å². The Kier molecular flexibility index (Phi) is 3.54. The molecule has 0 amide bonds. The van der Waals surface area contributed by atoms with E-state index in [1.165, 1.54) is 0 Å². The van der Waals surface area contributed by atoms with Gasteiger partial charge in [0.05, 0.1) is 17.0 Å². The van der Waals surface area contributed by atoms with Gasteiger partial charge in [-0.1, -0.05) is 12.1 Å². The zero-order valence-electron chi connectivity index (χ0n) is 12.3. The van der Waals surface area contributed by atoms with Crippen molar-refractivity contribution in [2.75, 3.05) is 16.8 Å². The molecule has 2 aromatic heterocycles. The van der Waals surface area contributed by atoms with Crippen LogP contribution in [-0.4, -0.2) is 35.9 Å². The summed E-state index contributed by atoms with van der Waals surface area (Å²) in [7, 11) is -2.93. The van der Waals surface area contributed by atoms with E-state index < -0.39 is 9.84 Å². The van der Waals surface area contributed by atoms with Crippen molar-refractivity contribution < 1.29 is 8.42 Å². The van der Waals surface area contributed by atoms with Crippen molar-refractivity contribution in [1.29, 1.82) is 0 Å². The number of anilines is 1. The topological polar surface area (TPSA) is 72.0 Å². The average molecular weight is 345 g/mol. The molecule has 1 fully saturated rings. The van der Waals surface area contributed by atoms with Gasteiger partial charge >= 0.3 is 0 Å². The molecule has 5 nitrogen and oxygen atoms in total. The maximum Gasteiger partial charge on any atom is 0.162 e. The summed E-state index contributed by atoms with van der Waals surface area (Å²) in [6, 6.07) is 9.68. The Morgan fingerprint density at radius 1 is 1.17 bits per heavy atom. The summed E-state index contributed by atoms with van der Waals surface area (Å²) in [6.07, 6.45) is 0.619. The van der Waals surface area contributed by atoms with E-state index in [1.807, 2.05) is 41.1 Å². The fourth-order valence-corrected chi connectivity index (χ4v) is 5.12. The van der Waals surface area contributed by atoms with Crippen molar-refractivity contribution in [3.8, 4) is 11.4 Å². The summed E-state index contributed by atoms with van der Waals surface area (Å²) < 4.78 is 23.4. The number of para-hydroxylation sites is 1. The molecule has 1 unspecified atom stereocenters. The fourth-order valence-electron chi connectivity index (χ4n) is 2.81. The van der Waals surface area contributed by atoms with Gasteiger partial charge in [-0.05, 0) is 30.0 Å². The maximum absolute atomic E-state index is 11.7. The van der Waals surface area contributed by atoms with E-state index in [0.717, 1.165) is 16.5 Å². The largest absolute Gasteiger partial charge is 0.366 e. The van der Waals surface area contributed by atoms with Crippen LogP contribution < -0.4 is 5.32 Å². The number of aromatic nitrogens is 2. The molecule has 0 radical (unpaired) electrons. The Morgan fingerprint density at radius 2 is 2.04 bits per heavy atom. The number of hydrogen-bond acceptors (Lipinski definition) is 6. The number of benzene rings is 1. The second kappa shape index (κ2) is 5.58. The third kappa shape index (κ3) is 2.94. The molecule has 1 aromatic carbocycles. The van der Waals surface area contributed by atoms with Gasteiger partial charge in [0.25, 0.3) is 0 Å². The lowest BCUT2D eigenvalue weighted by molar-refractivity contribution is 0.602. The number of rotatable bonds is 3. The van der Waals surface area contributed by atoms with Crippen LogP contribution in [0.25, 0.3) is 22.3 Å². The summed E-state index contributed by atoms with van der Waals surface area (Å²) in [4.78, 5) is 9.26. The van der Waals surface area contributed by atoms with Crippen molar-refractivity contribution in [3.05, 3.63) is 41.1 Å². The Morgan fingerprint density at radius 3 is 2.78 bits per heavy atom. The number of thiophene rings is 1. The molecule has 1 aliphatic heterocycles. The highest BCUT2D eigenvalue weighted by molar-refractivity contribution is 7.91. The van der Waals surface area contributed by atoms with Gasteiger partial charge in [-0.3, -0.25) is 0 Å². The first-order valence-electron chi connectivity index (χ1n) is 7.37. The normalized spacial score (nSPS) is 19.9. The molecule has 3 aromatic rings. The van der Waals surface area contributed by atoms with E-state index in [2.05, 4.69) is 15.3 Å². The van der Waals surface area contributed by atoms with E-state index in [0.29, 0.717) is 18.1 Å². The van der Waals surface area contributed by atoms with Crippen LogP contribution in [-0.2, 0) is 9.84 Å². The number of nitrogens with zero attached hydrogens (tertiary/aromatic N) is 2. The zero-order valence-corrected chi connectivity index (χ0v) is 13.9. The molecule has 118 valence electrons. The number of hydrogen-bond donors (Lipinski definition) is 1. The number of nitrogens with one attached hydrogen (secondary N) is 1. The van der Waals surface area contributed by atoms with Crippen LogP contribution in [0.2, 0.25) is 0 Å². The highest BCUT2D eigenvalue weighted by atomic mass is 32.2. The smallest absolute Gasteiger partial charge is 0.162 e. The molecule has 0 saturated carbocycles. The van der Waals surface area contributed by atoms with Crippen LogP contribution in [0.4, 0.5) is 5.82 Å². The van der Waals surface area contributed by atoms with Gasteiger partial charge in [-0.25, -0.2) is 18.4 Å². The second-order valence-corrected chi connectivity index (χ2v) is 8.68. The zero-order chi connectivity index (χ0) is 15.9. The standard InChI is InChI=1S/C16H15N3O2S2/c20-23(21)8-6-12(10-23)17-16-13-3-1-2-4-14(13)18-15(19-16)11-5-7-22-9-11/h1-5,7,9,12H,6,8,10H2,(H,17,18,19). The van der Waals surface area contributed by atoms with E-state index in [9.17, 15) is 8.42 Å². The van der Waals surface area contributed by atoms with Crippen LogP contribution >= 0.6 is 11.3 Å². The highest BCUT2D eigenvalue weighted by Crippen LogP contribution is 2.27. The summed E-state index contributed by atoms with van der Waals surface area (Å²) in [6.45, 7) is 0. The van der Waals surface area contributed by atoms with Crippen LogP contribution in [0.5, 0.6) is 0 Å². The Labute approximate surface area is 138 Å². The van der Waals surface area contributed by atoms with Crippen LogP contribution in [0.1, 0.15) is 6.42 Å². The molecule has 23 heavy (non-hydrogen) atoms. The molecule has 1 saturated heterocycles. The van der Waals surface area contributed by atoms with Gasteiger partial charge in [-0.2, -0.15) is 11.3 Å². The summed E-state index contributed by atoms with van der Waals surface area (Å²) in [5.74, 6) is 1.77. The minimum Gasteiger partial charge on any atom is -0.366 e. The Hall–Kier alpha value is -1.99. The first-order valence-corrected chi connectivity index (χ1v) is 10.1. The SMILES string of the molecule is O=S1(=O)CCC(Nc2nc(-c3ccsc3)nc3ccccc23)C1. The molecular weight excluding hydrogens is 330 g/mol. The van der Waals surface area contributed by atoms with Crippen molar-refractivity contribution >= 4 is 37.9 Å². The monoisotopic (exact) mass is 345 g/mol. The number of sulfone groups is 1. The molecule has 4 rings (SSSR count). The van der Waals surface area contributed by atoms with E-state index in [1.54, 1.807) is 11.3 Å². The van der Waals surface area contributed by atoms with E-state index in [4.69, 9.17) is 0 Å². The summed E-state index contributed by atoms with van der Waals surface area (Å²) in [5.41, 5.74) is 1.83. The molecule has 1 atom stereocenters. The summed E-state index contributed by atoms with van der Waals surface area (Å²) >= 11 is 1.60. The minimum absolute atomic E-state index is 0.0892. The molecule has 0 aliphatic carbocycles. The van der Waals surface area contributed by atoms with Crippen molar-refractivity contribution in [3.63, 3.8) is 0 Å². The second-order valence-electron chi connectivity index (χ2n) is 5.67.